The van der Waals surface area contributed by atoms with Crippen molar-refractivity contribution in [3.05, 3.63) is 10.6 Å². The quantitative estimate of drug-likeness (QED) is 0.627. The summed E-state index contributed by atoms with van der Waals surface area (Å²) in [6.45, 7) is 0. The summed E-state index contributed by atoms with van der Waals surface area (Å²) in [5, 5.41) is 3.99. The van der Waals surface area contributed by atoms with E-state index in [2.05, 4.69) is 9.59 Å². The molecule has 0 amide bonds. The van der Waals surface area contributed by atoms with E-state index < -0.39 is 0 Å². The van der Waals surface area contributed by atoms with E-state index in [0.29, 0.717) is 0 Å². The van der Waals surface area contributed by atoms with Crippen molar-refractivity contribution in [3.8, 4) is 0 Å². The molecule has 2 rings (SSSR count). The van der Waals surface area contributed by atoms with Crippen molar-refractivity contribution < 1.29 is 9.53 Å². The Hall–Kier alpha value is -0.970. The number of methoxy groups -OCH3 is 1. The summed E-state index contributed by atoms with van der Waals surface area (Å²) in [6.07, 6.45) is 2.44. The molecule has 1 heterocycles. The first-order valence-corrected chi connectivity index (χ1v) is 4.96. The Balaban J connectivity index is 2.13. The van der Waals surface area contributed by atoms with Gasteiger partial charge < -0.3 is 4.74 Å². The van der Waals surface area contributed by atoms with E-state index in [-0.39, 0.29) is 11.9 Å². The zero-order valence-electron chi connectivity index (χ0n) is 7.32. The number of fused-ring (bicyclic) bond motifs is 1. The van der Waals surface area contributed by atoms with Crippen molar-refractivity contribution in [2.45, 2.75) is 19.3 Å². The van der Waals surface area contributed by atoms with Crippen LogP contribution in [0.3, 0.4) is 0 Å². The number of aryl methyl sites for hydroxylation is 1. The molecule has 1 aliphatic rings. The second kappa shape index (κ2) is 3.41. The minimum Gasteiger partial charge on any atom is -0.469 e. The van der Waals surface area contributed by atoms with E-state index in [9.17, 15) is 4.79 Å². The molecule has 0 aliphatic heterocycles. The largest absolute Gasteiger partial charge is 0.469 e. The molecular formula is C8H10N2O2S. The molecular weight excluding hydrogens is 188 g/mol. The van der Waals surface area contributed by atoms with Crippen LogP contribution in [0.1, 0.15) is 17.0 Å². The molecule has 0 radical (unpaired) electrons. The van der Waals surface area contributed by atoms with Crippen LogP contribution in [-0.2, 0) is 22.4 Å². The Bertz CT molecular complexity index is 324. The van der Waals surface area contributed by atoms with Gasteiger partial charge in [0, 0.05) is 4.88 Å². The van der Waals surface area contributed by atoms with Crippen LogP contribution in [0.4, 0.5) is 0 Å². The fourth-order valence-corrected chi connectivity index (χ4v) is 2.34. The van der Waals surface area contributed by atoms with Crippen LogP contribution in [0.15, 0.2) is 0 Å². The number of aromatic nitrogens is 2. The van der Waals surface area contributed by atoms with Crippen molar-refractivity contribution in [1.82, 2.24) is 9.59 Å². The molecule has 1 unspecified atom stereocenters. The number of carbonyl (C=O) groups is 1. The monoisotopic (exact) mass is 198 g/mol. The molecule has 0 saturated carbocycles. The first-order valence-electron chi connectivity index (χ1n) is 4.19. The molecule has 1 aromatic heterocycles. The van der Waals surface area contributed by atoms with Crippen LogP contribution >= 0.6 is 11.5 Å². The summed E-state index contributed by atoms with van der Waals surface area (Å²) >= 11 is 1.39. The van der Waals surface area contributed by atoms with E-state index in [1.807, 2.05) is 0 Å². The number of rotatable bonds is 1. The van der Waals surface area contributed by atoms with Gasteiger partial charge in [-0.05, 0) is 30.8 Å². The molecule has 0 spiro atoms. The number of hydrogen-bond donors (Lipinski definition) is 0. The molecule has 5 heteroatoms. The summed E-state index contributed by atoms with van der Waals surface area (Å²) in [5.74, 6) is -0.0983. The maximum absolute atomic E-state index is 11.2. The van der Waals surface area contributed by atoms with Crippen LogP contribution in [-0.4, -0.2) is 22.7 Å². The van der Waals surface area contributed by atoms with Gasteiger partial charge in [-0.15, -0.1) is 5.10 Å². The lowest BCUT2D eigenvalue weighted by Crippen LogP contribution is -2.22. The number of esters is 1. The molecule has 1 atom stereocenters. The van der Waals surface area contributed by atoms with Gasteiger partial charge in [0.05, 0.1) is 18.7 Å². The lowest BCUT2D eigenvalue weighted by atomic mass is 9.91. The number of hydrogen-bond acceptors (Lipinski definition) is 5. The Morgan fingerprint density at radius 2 is 2.54 bits per heavy atom. The number of nitrogens with zero attached hydrogens (tertiary/aromatic N) is 2. The molecule has 0 saturated heterocycles. The first-order chi connectivity index (χ1) is 6.31. The lowest BCUT2D eigenvalue weighted by molar-refractivity contribution is -0.145. The topological polar surface area (TPSA) is 52.1 Å². The summed E-state index contributed by atoms with van der Waals surface area (Å²) in [4.78, 5) is 12.4. The van der Waals surface area contributed by atoms with Gasteiger partial charge in [0.2, 0.25) is 0 Å². The SMILES string of the molecule is COC(=O)C1CCc2nnsc2C1. The summed E-state index contributed by atoms with van der Waals surface area (Å²) < 4.78 is 8.57. The normalized spacial score (nSPS) is 20.8. The second-order valence-electron chi connectivity index (χ2n) is 3.11. The van der Waals surface area contributed by atoms with E-state index in [0.717, 1.165) is 29.8 Å². The molecule has 0 bridgehead atoms. The van der Waals surface area contributed by atoms with Crippen molar-refractivity contribution in [3.63, 3.8) is 0 Å². The molecule has 0 N–H and O–H groups in total. The Labute approximate surface area is 80.1 Å². The highest BCUT2D eigenvalue weighted by atomic mass is 32.1. The highest BCUT2D eigenvalue weighted by molar-refractivity contribution is 7.05. The minimum atomic E-state index is -0.112. The van der Waals surface area contributed by atoms with Crippen LogP contribution in [0, 0.1) is 5.92 Å². The van der Waals surface area contributed by atoms with Gasteiger partial charge in [-0.25, -0.2) is 0 Å². The summed E-state index contributed by atoms with van der Waals surface area (Å²) in [5.41, 5.74) is 1.06. The van der Waals surface area contributed by atoms with Crippen molar-refractivity contribution in [1.29, 1.82) is 0 Å². The van der Waals surface area contributed by atoms with E-state index >= 15 is 0 Å². The standard InChI is InChI=1S/C8H10N2O2S/c1-12-8(11)5-2-3-6-7(4-5)13-10-9-6/h5H,2-4H2,1H3. The van der Waals surface area contributed by atoms with Gasteiger partial charge in [0.15, 0.2) is 0 Å². The van der Waals surface area contributed by atoms with E-state index in [4.69, 9.17) is 4.74 Å². The average Bonchev–Trinajstić information content (AvgIpc) is 2.63. The fraction of sp³-hybridized carbons (Fsp3) is 0.625. The van der Waals surface area contributed by atoms with Crippen LogP contribution in [0.25, 0.3) is 0 Å². The second-order valence-corrected chi connectivity index (χ2v) is 3.94. The molecule has 13 heavy (non-hydrogen) atoms. The van der Waals surface area contributed by atoms with Crippen LogP contribution in [0.5, 0.6) is 0 Å². The Morgan fingerprint density at radius 3 is 3.31 bits per heavy atom. The minimum absolute atomic E-state index is 0.0137. The number of carbonyl (C=O) groups excluding carboxylic acids is 1. The third-order valence-electron chi connectivity index (χ3n) is 2.33. The molecule has 70 valence electrons. The summed E-state index contributed by atoms with van der Waals surface area (Å²) in [6, 6.07) is 0. The third kappa shape index (κ3) is 1.56. The highest BCUT2D eigenvalue weighted by Crippen LogP contribution is 2.26. The lowest BCUT2D eigenvalue weighted by Gasteiger charge is -2.17. The van der Waals surface area contributed by atoms with Gasteiger partial charge >= 0.3 is 5.97 Å². The van der Waals surface area contributed by atoms with Crippen molar-refractivity contribution in [2.24, 2.45) is 5.92 Å². The smallest absolute Gasteiger partial charge is 0.309 e. The first kappa shape index (κ1) is 8.62. The van der Waals surface area contributed by atoms with Gasteiger partial charge in [-0.2, -0.15) is 0 Å². The van der Waals surface area contributed by atoms with E-state index in [1.165, 1.54) is 18.6 Å². The van der Waals surface area contributed by atoms with Gasteiger partial charge in [0.1, 0.15) is 0 Å². The zero-order valence-corrected chi connectivity index (χ0v) is 8.13. The maximum atomic E-state index is 11.2. The molecule has 0 fully saturated rings. The predicted molar refractivity (Wildman–Crippen MR) is 47.4 cm³/mol. The van der Waals surface area contributed by atoms with Crippen molar-refractivity contribution in [2.75, 3.05) is 7.11 Å². The van der Waals surface area contributed by atoms with Crippen LogP contribution < -0.4 is 0 Å². The zero-order chi connectivity index (χ0) is 9.26. The highest BCUT2D eigenvalue weighted by Gasteiger charge is 2.27. The Kier molecular flexibility index (Phi) is 2.26. The molecule has 4 nitrogen and oxygen atoms in total. The fourth-order valence-electron chi connectivity index (χ4n) is 1.58. The Morgan fingerprint density at radius 1 is 1.69 bits per heavy atom. The van der Waals surface area contributed by atoms with Gasteiger partial charge in [-0.1, -0.05) is 4.49 Å². The van der Waals surface area contributed by atoms with E-state index in [1.54, 1.807) is 0 Å². The number of ether oxygens (including phenoxy) is 1. The summed E-state index contributed by atoms with van der Waals surface area (Å²) in [7, 11) is 1.43. The van der Waals surface area contributed by atoms with Gasteiger partial charge in [0.25, 0.3) is 0 Å². The maximum Gasteiger partial charge on any atom is 0.309 e. The van der Waals surface area contributed by atoms with Crippen molar-refractivity contribution >= 4 is 17.5 Å². The average molecular weight is 198 g/mol. The van der Waals surface area contributed by atoms with Gasteiger partial charge in [-0.3, -0.25) is 4.79 Å². The third-order valence-corrected chi connectivity index (χ3v) is 3.12. The van der Waals surface area contributed by atoms with Crippen LogP contribution in [0.2, 0.25) is 0 Å². The molecule has 1 aromatic rings. The molecule has 1 aliphatic carbocycles. The predicted octanol–water partition coefficient (Wildman–Crippen LogP) is 0.816. The molecule has 0 aromatic carbocycles.